The first kappa shape index (κ1) is 16.9. The highest BCUT2D eigenvalue weighted by atomic mass is 35.5. The summed E-state index contributed by atoms with van der Waals surface area (Å²) in [5, 5.41) is 13.4. The van der Waals surface area contributed by atoms with Crippen molar-refractivity contribution in [2.45, 2.75) is 18.9 Å². The van der Waals surface area contributed by atoms with Crippen LogP contribution in [0.2, 0.25) is 5.02 Å². The van der Waals surface area contributed by atoms with Crippen LogP contribution in [0.25, 0.3) is 0 Å². The molecule has 5 nitrogen and oxygen atoms in total. The van der Waals surface area contributed by atoms with E-state index in [9.17, 15) is 18.3 Å². The highest BCUT2D eigenvalue weighted by Crippen LogP contribution is 2.21. The summed E-state index contributed by atoms with van der Waals surface area (Å²) >= 11 is 5.76. The van der Waals surface area contributed by atoms with Crippen LogP contribution in [-0.2, 0) is 20.2 Å². The SMILES string of the molecule is CC(O)(CNC(=O)CCS(C)(=O)=O)c1ccc(Cl)cc1. The third-order valence-corrected chi connectivity index (χ3v) is 3.99. The van der Waals surface area contributed by atoms with Crippen LogP contribution in [0.1, 0.15) is 18.9 Å². The zero-order valence-corrected chi connectivity index (χ0v) is 13.0. The molecule has 0 heterocycles. The van der Waals surface area contributed by atoms with Gasteiger partial charge in [0.2, 0.25) is 5.91 Å². The van der Waals surface area contributed by atoms with E-state index in [2.05, 4.69) is 5.32 Å². The molecule has 0 fully saturated rings. The lowest BCUT2D eigenvalue weighted by atomic mass is 9.96. The summed E-state index contributed by atoms with van der Waals surface area (Å²) in [7, 11) is -3.17. The van der Waals surface area contributed by atoms with Crippen molar-refractivity contribution in [1.82, 2.24) is 5.32 Å². The van der Waals surface area contributed by atoms with Crippen LogP contribution in [-0.4, -0.2) is 38.0 Å². The van der Waals surface area contributed by atoms with Crippen LogP contribution in [0.15, 0.2) is 24.3 Å². The van der Waals surface area contributed by atoms with E-state index in [0.717, 1.165) is 6.26 Å². The Hall–Kier alpha value is -1.11. The van der Waals surface area contributed by atoms with Crippen molar-refractivity contribution in [3.05, 3.63) is 34.9 Å². The molecular weight excluding hydrogens is 302 g/mol. The van der Waals surface area contributed by atoms with Gasteiger partial charge in [-0.05, 0) is 24.6 Å². The number of benzene rings is 1. The maximum Gasteiger partial charge on any atom is 0.221 e. The molecule has 0 spiro atoms. The number of carbonyl (C=O) groups is 1. The second-order valence-corrected chi connectivity index (χ2v) is 7.63. The van der Waals surface area contributed by atoms with E-state index in [-0.39, 0.29) is 18.7 Å². The molecule has 20 heavy (non-hydrogen) atoms. The molecule has 1 rings (SSSR count). The number of amides is 1. The molecule has 7 heteroatoms. The average molecular weight is 320 g/mol. The van der Waals surface area contributed by atoms with Crippen molar-refractivity contribution in [3.63, 3.8) is 0 Å². The molecule has 112 valence electrons. The van der Waals surface area contributed by atoms with Crippen LogP contribution in [0.4, 0.5) is 0 Å². The Bertz CT molecular complexity index is 567. The number of nitrogens with one attached hydrogen (secondary N) is 1. The van der Waals surface area contributed by atoms with E-state index in [4.69, 9.17) is 11.6 Å². The molecule has 1 unspecified atom stereocenters. The number of hydrogen-bond donors (Lipinski definition) is 2. The van der Waals surface area contributed by atoms with Crippen LogP contribution >= 0.6 is 11.6 Å². The molecule has 0 aliphatic rings. The minimum atomic E-state index is -3.17. The van der Waals surface area contributed by atoms with E-state index in [0.29, 0.717) is 10.6 Å². The van der Waals surface area contributed by atoms with Crippen LogP contribution in [0, 0.1) is 0 Å². The van der Waals surface area contributed by atoms with E-state index < -0.39 is 21.3 Å². The lowest BCUT2D eigenvalue weighted by Crippen LogP contribution is -2.39. The Kier molecular flexibility index (Phi) is 5.56. The molecule has 1 atom stereocenters. The predicted molar refractivity (Wildman–Crippen MR) is 78.4 cm³/mol. The van der Waals surface area contributed by atoms with Gasteiger partial charge in [-0.2, -0.15) is 0 Å². The molecule has 0 radical (unpaired) electrons. The van der Waals surface area contributed by atoms with Gasteiger partial charge in [0.05, 0.1) is 12.3 Å². The Morgan fingerprint density at radius 1 is 1.35 bits per heavy atom. The smallest absolute Gasteiger partial charge is 0.221 e. The first-order valence-corrected chi connectivity index (χ1v) is 8.47. The fourth-order valence-corrected chi connectivity index (χ4v) is 2.23. The molecule has 0 bridgehead atoms. The molecule has 1 aromatic rings. The van der Waals surface area contributed by atoms with E-state index in [1.807, 2.05) is 0 Å². The van der Waals surface area contributed by atoms with Crippen molar-refractivity contribution in [2.75, 3.05) is 18.6 Å². The number of rotatable bonds is 6. The van der Waals surface area contributed by atoms with Crippen LogP contribution < -0.4 is 5.32 Å². The first-order chi connectivity index (χ1) is 9.10. The summed E-state index contributed by atoms with van der Waals surface area (Å²) in [5.74, 6) is -0.619. The summed E-state index contributed by atoms with van der Waals surface area (Å²) in [5.41, 5.74) is -0.629. The average Bonchev–Trinajstić information content (AvgIpc) is 2.34. The summed E-state index contributed by atoms with van der Waals surface area (Å²) < 4.78 is 21.9. The number of carbonyl (C=O) groups excluding carboxylic acids is 1. The Balaban J connectivity index is 2.55. The van der Waals surface area contributed by atoms with Gasteiger partial charge in [-0.1, -0.05) is 23.7 Å². The molecule has 2 N–H and O–H groups in total. The fourth-order valence-electron chi connectivity index (χ4n) is 1.55. The summed E-state index contributed by atoms with van der Waals surface area (Å²) in [4.78, 5) is 11.5. The Morgan fingerprint density at radius 2 is 1.90 bits per heavy atom. The van der Waals surface area contributed by atoms with E-state index in [1.165, 1.54) is 0 Å². The standard InChI is InChI=1S/C13H18ClNO4S/c1-13(17,10-3-5-11(14)6-4-10)9-15-12(16)7-8-20(2,18)19/h3-6,17H,7-9H2,1-2H3,(H,15,16). The van der Waals surface area contributed by atoms with Crippen molar-refractivity contribution in [3.8, 4) is 0 Å². The summed E-state index contributed by atoms with van der Waals surface area (Å²) in [6.45, 7) is 1.56. The maximum absolute atomic E-state index is 11.5. The van der Waals surface area contributed by atoms with E-state index in [1.54, 1.807) is 31.2 Å². The van der Waals surface area contributed by atoms with Gasteiger partial charge in [0.15, 0.2) is 0 Å². The molecule has 0 aliphatic carbocycles. The predicted octanol–water partition coefficient (Wildman–Crippen LogP) is 1.10. The van der Waals surface area contributed by atoms with Gasteiger partial charge in [-0.3, -0.25) is 4.79 Å². The third kappa shape index (κ3) is 5.90. The first-order valence-electron chi connectivity index (χ1n) is 6.03. The minimum Gasteiger partial charge on any atom is -0.384 e. The second-order valence-electron chi connectivity index (χ2n) is 4.94. The van der Waals surface area contributed by atoms with Gasteiger partial charge in [0, 0.05) is 17.7 Å². The van der Waals surface area contributed by atoms with Gasteiger partial charge < -0.3 is 10.4 Å². The third-order valence-electron chi connectivity index (χ3n) is 2.80. The van der Waals surface area contributed by atoms with Gasteiger partial charge in [-0.15, -0.1) is 0 Å². The second kappa shape index (κ2) is 6.56. The van der Waals surface area contributed by atoms with Crippen molar-refractivity contribution in [2.24, 2.45) is 0 Å². The molecule has 0 saturated carbocycles. The topological polar surface area (TPSA) is 83.5 Å². The number of halogens is 1. The maximum atomic E-state index is 11.5. The molecular formula is C13H18ClNO4S. The van der Waals surface area contributed by atoms with Crippen LogP contribution in [0.5, 0.6) is 0 Å². The molecule has 1 aromatic carbocycles. The highest BCUT2D eigenvalue weighted by Gasteiger charge is 2.23. The zero-order chi connectivity index (χ0) is 15.4. The van der Waals surface area contributed by atoms with Crippen molar-refractivity contribution < 1.29 is 18.3 Å². The normalized spacial score (nSPS) is 14.6. The lowest BCUT2D eigenvalue weighted by molar-refractivity contribution is -0.121. The highest BCUT2D eigenvalue weighted by molar-refractivity contribution is 7.90. The fraction of sp³-hybridized carbons (Fsp3) is 0.462. The summed E-state index contributed by atoms with van der Waals surface area (Å²) in [6.07, 6.45) is 0.958. The van der Waals surface area contributed by atoms with Crippen LogP contribution in [0.3, 0.4) is 0 Å². The molecule has 0 aromatic heterocycles. The summed E-state index contributed by atoms with van der Waals surface area (Å²) in [6, 6.07) is 6.64. The Morgan fingerprint density at radius 3 is 2.40 bits per heavy atom. The Labute approximate surface area is 123 Å². The molecule has 0 saturated heterocycles. The quantitative estimate of drug-likeness (QED) is 0.822. The van der Waals surface area contributed by atoms with Gasteiger partial charge in [-0.25, -0.2) is 8.42 Å². The largest absolute Gasteiger partial charge is 0.384 e. The van der Waals surface area contributed by atoms with E-state index >= 15 is 0 Å². The van der Waals surface area contributed by atoms with Gasteiger partial charge in [0.1, 0.15) is 15.4 Å². The molecule has 0 aliphatic heterocycles. The van der Waals surface area contributed by atoms with Crippen molar-refractivity contribution >= 4 is 27.3 Å². The van der Waals surface area contributed by atoms with Gasteiger partial charge in [0.25, 0.3) is 0 Å². The monoisotopic (exact) mass is 319 g/mol. The van der Waals surface area contributed by atoms with Gasteiger partial charge >= 0.3 is 0 Å². The van der Waals surface area contributed by atoms with Crippen molar-refractivity contribution in [1.29, 1.82) is 0 Å². The zero-order valence-electron chi connectivity index (χ0n) is 11.4. The number of hydrogen-bond acceptors (Lipinski definition) is 4. The molecule has 1 amide bonds. The lowest BCUT2D eigenvalue weighted by Gasteiger charge is -2.24. The minimum absolute atomic E-state index is 0.00275. The number of aliphatic hydroxyl groups is 1. The number of sulfone groups is 1.